The van der Waals surface area contributed by atoms with Gasteiger partial charge in [0.15, 0.2) is 10.9 Å². The molecule has 3 aromatic rings. The van der Waals surface area contributed by atoms with Crippen molar-refractivity contribution in [2.75, 3.05) is 30.3 Å². The van der Waals surface area contributed by atoms with Gasteiger partial charge in [-0.1, -0.05) is 35.1 Å². The van der Waals surface area contributed by atoms with E-state index in [1.807, 2.05) is 50.3 Å². The van der Waals surface area contributed by atoms with Crippen LogP contribution in [0.2, 0.25) is 0 Å². The Kier molecular flexibility index (Phi) is 7.32. The van der Waals surface area contributed by atoms with Gasteiger partial charge in [0.1, 0.15) is 4.88 Å². The quantitative estimate of drug-likeness (QED) is 0.339. The van der Waals surface area contributed by atoms with Gasteiger partial charge in [-0.3, -0.25) is 14.5 Å². The maximum Gasteiger partial charge on any atom is 0.267 e. The Labute approximate surface area is 198 Å². The fraction of sp³-hybridized carbons (Fsp3) is 0.269. The van der Waals surface area contributed by atoms with Crippen LogP contribution in [-0.2, 0) is 0 Å². The third-order valence-corrected chi connectivity index (χ3v) is 6.52. The van der Waals surface area contributed by atoms with E-state index in [0.29, 0.717) is 15.6 Å². The Morgan fingerprint density at radius 2 is 1.85 bits per heavy atom. The number of aromatic nitrogens is 1. The standard InChI is InChI=1S/C26H28N4O2S/c1-18-7-12-22(19(2)16-18)29-25(32)24-17-27-26(33-24)28-21-10-8-20(9-11-21)23(31)6-5-15-30-13-3-4-14-30/h5-12,16-17H,3-4,13-15H2,1-2H3,(H,27,28)(H,29,32)/b6-5+. The van der Waals surface area contributed by atoms with Crippen LogP contribution in [0.1, 0.15) is 44.0 Å². The summed E-state index contributed by atoms with van der Waals surface area (Å²) in [5, 5.41) is 6.76. The zero-order valence-electron chi connectivity index (χ0n) is 18.9. The number of amides is 1. The molecule has 4 rings (SSSR count). The summed E-state index contributed by atoms with van der Waals surface area (Å²) in [6, 6.07) is 13.2. The van der Waals surface area contributed by atoms with Crippen LogP contribution in [0, 0.1) is 13.8 Å². The fourth-order valence-corrected chi connectivity index (χ4v) is 4.52. The summed E-state index contributed by atoms with van der Waals surface area (Å²) in [4.78, 5) is 32.1. The maximum atomic E-state index is 12.6. The first-order valence-electron chi connectivity index (χ1n) is 11.1. The molecule has 1 aliphatic rings. The van der Waals surface area contributed by atoms with Crippen LogP contribution < -0.4 is 10.6 Å². The second kappa shape index (κ2) is 10.6. The van der Waals surface area contributed by atoms with Crippen molar-refractivity contribution in [1.82, 2.24) is 9.88 Å². The first-order valence-corrected chi connectivity index (χ1v) is 11.9. The van der Waals surface area contributed by atoms with Crippen LogP contribution in [0.3, 0.4) is 0 Å². The maximum absolute atomic E-state index is 12.6. The molecule has 6 nitrogen and oxygen atoms in total. The number of ketones is 1. The molecule has 1 aliphatic heterocycles. The highest BCUT2D eigenvalue weighted by molar-refractivity contribution is 7.17. The highest BCUT2D eigenvalue weighted by Gasteiger charge is 2.13. The van der Waals surface area contributed by atoms with Gasteiger partial charge in [-0.15, -0.1) is 0 Å². The van der Waals surface area contributed by atoms with Gasteiger partial charge >= 0.3 is 0 Å². The van der Waals surface area contributed by atoms with E-state index in [1.165, 1.54) is 24.2 Å². The summed E-state index contributed by atoms with van der Waals surface area (Å²) < 4.78 is 0. The van der Waals surface area contributed by atoms with Gasteiger partial charge in [0, 0.05) is 23.5 Å². The SMILES string of the molecule is Cc1ccc(NC(=O)c2cnc(Nc3ccc(C(=O)/C=C/CN4CCCC4)cc3)s2)c(C)c1. The summed E-state index contributed by atoms with van der Waals surface area (Å²) in [6.07, 6.45) is 7.65. The van der Waals surface area contributed by atoms with Crippen molar-refractivity contribution in [3.63, 3.8) is 0 Å². The van der Waals surface area contributed by atoms with E-state index in [9.17, 15) is 9.59 Å². The Bertz CT molecular complexity index is 1160. The smallest absolute Gasteiger partial charge is 0.267 e. The predicted molar refractivity (Wildman–Crippen MR) is 135 cm³/mol. The number of nitrogens with one attached hydrogen (secondary N) is 2. The zero-order valence-corrected chi connectivity index (χ0v) is 19.7. The fourth-order valence-electron chi connectivity index (χ4n) is 3.79. The molecule has 0 unspecified atom stereocenters. The molecule has 0 radical (unpaired) electrons. The zero-order chi connectivity index (χ0) is 23.2. The van der Waals surface area contributed by atoms with E-state index in [4.69, 9.17) is 0 Å². The van der Waals surface area contributed by atoms with E-state index in [2.05, 4.69) is 20.5 Å². The summed E-state index contributed by atoms with van der Waals surface area (Å²) in [5.41, 5.74) is 4.42. The summed E-state index contributed by atoms with van der Waals surface area (Å²) >= 11 is 1.28. The molecule has 170 valence electrons. The van der Waals surface area contributed by atoms with Gasteiger partial charge in [0.05, 0.1) is 6.20 Å². The van der Waals surface area contributed by atoms with Crippen molar-refractivity contribution in [3.05, 3.63) is 82.4 Å². The number of nitrogens with zero attached hydrogens (tertiary/aromatic N) is 2. The molecule has 2 aromatic carbocycles. The van der Waals surface area contributed by atoms with E-state index in [0.717, 1.165) is 42.1 Å². The number of likely N-dealkylation sites (tertiary alicyclic amines) is 1. The molecule has 0 bridgehead atoms. The van der Waals surface area contributed by atoms with E-state index < -0.39 is 0 Å². The van der Waals surface area contributed by atoms with Crippen LogP contribution >= 0.6 is 11.3 Å². The lowest BCUT2D eigenvalue weighted by Crippen LogP contribution is -2.18. The first kappa shape index (κ1) is 22.9. The molecule has 2 heterocycles. The van der Waals surface area contributed by atoms with Gasteiger partial charge in [0.2, 0.25) is 0 Å². The summed E-state index contributed by atoms with van der Waals surface area (Å²) in [5.74, 6) is -0.186. The summed E-state index contributed by atoms with van der Waals surface area (Å²) in [6.45, 7) is 7.05. The lowest BCUT2D eigenvalue weighted by Gasteiger charge is -2.10. The molecular weight excluding hydrogens is 432 g/mol. The van der Waals surface area contributed by atoms with Crippen molar-refractivity contribution in [2.24, 2.45) is 0 Å². The number of aryl methyl sites for hydroxylation is 2. The number of carbonyl (C=O) groups is 2. The number of thiazole rings is 1. The molecule has 1 fully saturated rings. The molecule has 0 aliphatic carbocycles. The number of anilines is 3. The van der Waals surface area contributed by atoms with Gasteiger partial charge in [-0.2, -0.15) is 0 Å². The molecule has 1 amide bonds. The molecule has 1 aromatic heterocycles. The highest BCUT2D eigenvalue weighted by Crippen LogP contribution is 2.25. The van der Waals surface area contributed by atoms with Gasteiger partial charge in [-0.25, -0.2) is 4.98 Å². The van der Waals surface area contributed by atoms with Crippen molar-refractivity contribution in [1.29, 1.82) is 0 Å². The highest BCUT2D eigenvalue weighted by atomic mass is 32.1. The minimum absolute atomic E-state index is 0.000326. The monoisotopic (exact) mass is 460 g/mol. The number of allylic oxidation sites excluding steroid dienone is 1. The lowest BCUT2D eigenvalue weighted by atomic mass is 10.1. The second-order valence-electron chi connectivity index (χ2n) is 8.28. The Balaban J connectivity index is 1.32. The third kappa shape index (κ3) is 6.15. The Morgan fingerprint density at radius 1 is 1.09 bits per heavy atom. The third-order valence-electron chi connectivity index (χ3n) is 5.61. The van der Waals surface area contributed by atoms with Gasteiger partial charge in [0.25, 0.3) is 5.91 Å². The van der Waals surface area contributed by atoms with E-state index >= 15 is 0 Å². The molecule has 7 heteroatoms. The number of hydrogen-bond acceptors (Lipinski definition) is 6. The minimum Gasteiger partial charge on any atom is -0.332 e. The van der Waals surface area contributed by atoms with Crippen molar-refractivity contribution < 1.29 is 9.59 Å². The molecule has 1 saturated heterocycles. The first-order chi connectivity index (χ1) is 16.0. The average Bonchev–Trinajstić information content (AvgIpc) is 3.48. The number of hydrogen-bond donors (Lipinski definition) is 2. The Morgan fingerprint density at radius 3 is 2.58 bits per heavy atom. The lowest BCUT2D eigenvalue weighted by molar-refractivity contribution is 0.102. The molecule has 0 spiro atoms. The molecule has 0 saturated carbocycles. The van der Waals surface area contributed by atoms with E-state index in [-0.39, 0.29) is 11.7 Å². The van der Waals surface area contributed by atoms with E-state index in [1.54, 1.807) is 24.4 Å². The van der Waals surface area contributed by atoms with Crippen LogP contribution in [0.25, 0.3) is 0 Å². The van der Waals surface area contributed by atoms with Crippen LogP contribution in [0.4, 0.5) is 16.5 Å². The van der Waals surface area contributed by atoms with Gasteiger partial charge < -0.3 is 10.6 Å². The minimum atomic E-state index is -0.186. The van der Waals surface area contributed by atoms with Gasteiger partial charge in [-0.05, 0) is 81.7 Å². The number of rotatable bonds is 8. The van der Waals surface area contributed by atoms with Crippen LogP contribution in [0.5, 0.6) is 0 Å². The number of carbonyl (C=O) groups excluding carboxylic acids is 2. The molecule has 33 heavy (non-hydrogen) atoms. The Hall–Kier alpha value is -3.29. The van der Waals surface area contributed by atoms with Crippen LogP contribution in [-0.4, -0.2) is 41.2 Å². The average molecular weight is 461 g/mol. The van der Waals surface area contributed by atoms with Crippen LogP contribution in [0.15, 0.2) is 60.8 Å². The number of benzene rings is 2. The van der Waals surface area contributed by atoms with Crippen molar-refractivity contribution in [3.8, 4) is 0 Å². The largest absolute Gasteiger partial charge is 0.332 e. The van der Waals surface area contributed by atoms with Crippen molar-refractivity contribution in [2.45, 2.75) is 26.7 Å². The normalized spacial score (nSPS) is 14.0. The second-order valence-corrected chi connectivity index (χ2v) is 9.31. The molecule has 0 atom stereocenters. The van der Waals surface area contributed by atoms with Crippen molar-refractivity contribution >= 4 is 39.5 Å². The summed E-state index contributed by atoms with van der Waals surface area (Å²) in [7, 11) is 0. The molecular formula is C26H28N4O2S. The molecule has 2 N–H and O–H groups in total. The predicted octanol–water partition coefficient (Wildman–Crippen LogP) is 5.59. The topological polar surface area (TPSA) is 74.3 Å².